The Balaban J connectivity index is 1.39. The normalized spacial score (nSPS) is 20.8. The molecule has 0 bridgehead atoms. The number of amides is 1. The highest BCUT2D eigenvalue weighted by Crippen LogP contribution is 2.35. The first-order valence-corrected chi connectivity index (χ1v) is 8.78. The zero-order valence-electron chi connectivity index (χ0n) is 14.1. The molecule has 2 aliphatic rings. The number of hydrogen-bond acceptors (Lipinski definition) is 5. The van der Waals surface area contributed by atoms with Crippen molar-refractivity contribution in [1.82, 2.24) is 15.0 Å². The van der Waals surface area contributed by atoms with Gasteiger partial charge in [0, 0.05) is 30.8 Å². The van der Waals surface area contributed by atoms with Crippen molar-refractivity contribution in [2.75, 3.05) is 13.1 Å². The van der Waals surface area contributed by atoms with Crippen molar-refractivity contribution >= 4 is 16.9 Å². The van der Waals surface area contributed by atoms with Crippen LogP contribution in [0.2, 0.25) is 0 Å². The predicted molar refractivity (Wildman–Crippen MR) is 90.9 cm³/mol. The number of carbonyl (C=O) groups is 1. The maximum atomic E-state index is 12.2. The Hall–Kier alpha value is -2.63. The lowest BCUT2D eigenvalue weighted by molar-refractivity contribution is -0.127. The molecule has 1 atom stereocenters. The van der Waals surface area contributed by atoms with Gasteiger partial charge in [-0.25, -0.2) is 0 Å². The van der Waals surface area contributed by atoms with Crippen LogP contribution in [0.1, 0.15) is 36.6 Å². The molecule has 6 heteroatoms. The molecule has 1 saturated carbocycles. The Morgan fingerprint density at radius 1 is 1.32 bits per heavy atom. The third-order valence-electron chi connectivity index (χ3n) is 5.19. The van der Waals surface area contributed by atoms with Crippen molar-refractivity contribution in [3.05, 3.63) is 35.7 Å². The molecule has 0 N–H and O–H groups in total. The lowest BCUT2D eigenvalue weighted by Gasteiger charge is -2.14. The van der Waals surface area contributed by atoms with E-state index in [0.29, 0.717) is 36.4 Å². The quantitative estimate of drug-likeness (QED) is 0.728. The molecule has 1 saturated heterocycles. The van der Waals surface area contributed by atoms with E-state index in [2.05, 4.69) is 10.1 Å². The maximum absolute atomic E-state index is 12.2. The first-order valence-electron chi connectivity index (χ1n) is 8.78. The topological polar surface area (TPSA) is 72.4 Å². The third-order valence-corrected chi connectivity index (χ3v) is 5.19. The van der Waals surface area contributed by atoms with Gasteiger partial charge in [0.05, 0.1) is 0 Å². The van der Waals surface area contributed by atoms with Crippen LogP contribution in [0, 0.1) is 12.8 Å². The van der Waals surface area contributed by atoms with Crippen LogP contribution in [0.15, 0.2) is 33.2 Å². The highest BCUT2D eigenvalue weighted by atomic mass is 16.5. The van der Waals surface area contributed by atoms with Crippen LogP contribution < -0.4 is 0 Å². The summed E-state index contributed by atoms with van der Waals surface area (Å²) in [5.41, 5.74) is 1.95. The molecule has 1 amide bonds. The Kier molecular flexibility index (Phi) is 3.20. The summed E-state index contributed by atoms with van der Waals surface area (Å²) >= 11 is 0. The summed E-state index contributed by atoms with van der Waals surface area (Å²) in [5.74, 6) is 2.44. The standard InChI is InChI=1S/C19H19N3O3/c1-11-3-2-4-15-14(11)8-16(24-15)19-20-18(21-25-19)13-7-17(23)22(10-13)9-12-5-6-12/h2-4,8,12-13H,5-7,9-10H2,1H3. The zero-order chi connectivity index (χ0) is 17.0. The third kappa shape index (κ3) is 2.62. The van der Waals surface area contributed by atoms with E-state index >= 15 is 0 Å². The number of nitrogens with zero attached hydrogens (tertiary/aromatic N) is 3. The van der Waals surface area contributed by atoms with Gasteiger partial charge in [0.25, 0.3) is 5.89 Å². The van der Waals surface area contributed by atoms with E-state index in [9.17, 15) is 4.79 Å². The Morgan fingerprint density at radius 3 is 3.00 bits per heavy atom. The van der Waals surface area contributed by atoms with Gasteiger partial charge in [-0.05, 0) is 43.4 Å². The fourth-order valence-corrected chi connectivity index (χ4v) is 3.55. The van der Waals surface area contributed by atoms with E-state index in [1.54, 1.807) is 0 Å². The Labute approximate surface area is 144 Å². The summed E-state index contributed by atoms with van der Waals surface area (Å²) in [5, 5.41) is 5.15. The summed E-state index contributed by atoms with van der Waals surface area (Å²) in [4.78, 5) is 18.6. The second-order valence-electron chi connectivity index (χ2n) is 7.20. The van der Waals surface area contributed by atoms with Gasteiger partial charge in [-0.3, -0.25) is 4.79 Å². The molecule has 2 aromatic heterocycles. The molecule has 25 heavy (non-hydrogen) atoms. The van der Waals surface area contributed by atoms with Crippen molar-refractivity contribution < 1.29 is 13.7 Å². The van der Waals surface area contributed by atoms with Crippen molar-refractivity contribution in [3.8, 4) is 11.7 Å². The Morgan fingerprint density at radius 2 is 2.20 bits per heavy atom. The molecular formula is C19H19N3O3. The zero-order valence-corrected chi connectivity index (χ0v) is 14.1. The van der Waals surface area contributed by atoms with Gasteiger partial charge in [-0.15, -0.1) is 0 Å². The van der Waals surface area contributed by atoms with E-state index in [1.807, 2.05) is 36.1 Å². The summed E-state index contributed by atoms with van der Waals surface area (Å²) in [6, 6.07) is 7.86. The number of aromatic nitrogens is 2. The van der Waals surface area contributed by atoms with Gasteiger partial charge in [-0.2, -0.15) is 4.98 Å². The number of benzene rings is 1. The number of fused-ring (bicyclic) bond motifs is 1. The molecule has 1 aliphatic carbocycles. The number of aryl methyl sites for hydroxylation is 1. The minimum absolute atomic E-state index is 0.00913. The SMILES string of the molecule is Cc1cccc2oc(-c3nc(C4CC(=O)N(CC5CC5)C4)no3)cc12. The number of rotatable bonds is 4. The molecular weight excluding hydrogens is 318 g/mol. The lowest BCUT2D eigenvalue weighted by atomic mass is 10.1. The van der Waals surface area contributed by atoms with Crippen LogP contribution in [0.25, 0.3) is 22.6 Å². The van der Waals surface area contributed by atoms with E-state index in [4.69, 9.17) is 8.94 Å². The van der Waals surface area contributed by atoms with Gasteiger partial charge < -0.3 is 13.8 Å². The maximum Gasteiger partial charge on any atom is 0.293 e. The van der Waals surface area contributed by atoms with Crippen molar-refractivity contribution in [2.45, 2.75) is 32.1 Å². The molecule has 128 valence electrons. The minimum atomic E-state index is 0.00913. The highest BCUT2D eigenvalue weighted by Gasteiger charge is 2.36. The molecule has 1 aliphatic heterocycles. The largest absolute Gasteiger partial charge is 0.451 e. The van der Waals surface area contributed by atoms with Gasteiger partial charge in [0.1, 0.15) is 5.58 Å². The average molecular weight is 337 g/mol. The molecule has 6 nitrogen and oxygen atoms in total. The second kappa shape index (κ2) is 5.44. The van der Waals surface area contributed by atoms with Crippen LogP contribution in [-0.2, 0) is 4.79 Å². The number of furan rings is 1. The molecule has 1 aromatic carbocycles. The molecule has 0 spiro atoms. The van der Waals surface area contributed by atoms with Crippen LogP contribution in [0.3, 0.4) is 0 Å². The number of hydrogen-bond donors (Lipinski definition) is 0. The van der Waals surface area contributed by atoms with E-state index in [0.717, 1.165) is 23.1 Å². The molecule has 3 heterocycles. The molecule has 3 aromatic rings. The van der Waals surface area contributed by atoms with Crippen molar-refractivity contribution in [2.24, 2.45) is 5.92 Å². The highest BCUT2D eigenvalue weighted by molar-refractivity contribution is 5.84. The van der Waals surface area contributed by atoms with Crippen molar-refractivity contribution in [3.63, 3.8) is 0 Å². The van der Waals surface area contributed by atoms with Crippen LogP contribution >= 0.6 is 0 Å². The van der Waals surface area contributed by atoms with E-state index in [1.165, 1.54) is 12.8 Å². The first kappa shape index (κ1) is 14.7. The summed E-state index contributed by atoms with van der Waals surface area (Å²) in [7, 11) is 0. The Bertz CT molecular complexity index is 954. The van der Waals surface area contributed by atoms with Crippen LogP contribution in [-0.4, -0.2) is 34.0 Å². The number of likely N-dealkylation sites (tertiary alicyclic amines) is 1. The first-order chi connectivity index (χ1) is 12.2. The molecule has 0 radical (unpaired) electrons. The van der Waals surface area contributed by atoms with E-state index in [-0.39, 0.29) is 11.8 Å². The lowest BCUT2D eigenvalue weighted by Crippen LogP contribution is -2.27. The smallest absolute Gasteiger partial charge is 0.293 e. The van der Waals surface area contributed by atoms with Gasteiger partial charge in [0.2, 0.25) is 5.91 Å². The molecule has 5 rings (SSSR count). The van der Waals surface area contributed by atoms with Crippen molar-refractivity contribution in [1.29, 1.82) is 0 Å². The summed E-state index contributed by atoms with van der Waals surface area (Å²) in [6.45, 7) is 3.61. The second-order valence-corrected chi connectivity index (χ2v) is 7.20. The predicted octanol–water partition coefficient (Wildman–Crippen LogP) is 3.52. The summed E-state index contributed by atoms with van der Waals surface area (Å²) in [6.07, 6.45) is 2.95. The minimum Gasteiger partial charge on any atom is -0.451 e. The summed E-state index contributed by atoms with van der Waals surface area (Å²) < 4.78 is 11.3. The van der Waals surface area contributed by atoms with E-state index < -0.39 is 0 Å². The average Bonchev–Trinajstić information content (AvgIpc) is 3.00. The molecule has 2 fully saturated rings. The monoisotopic (exact) mass is 337 g/mol. The van der Waals surface area contributed by atoms with Crippen LogP contribution in [0.5, 0.6) is 0 Å². The van der Waals surface area contributed by atoms with Gasteiger partial charge in [0.15, 0.2) is 11.6 Å². The molecule has 1 unspecified atom stereocenters. The fraction of sp³-hybridized carbons (Fsp3) is 0.421. The number of carbonyl (C=O) groups excluding carboxylic acids is 1. The fourth-order valence-electron chi connectivity index (χ4n) is 3.55. The van der Waals surface area contributed by atoms with Crippen LogP contribution in [0.4, 0.5) is 0 Å². The van der Waals surface area contributed by atoms with Gasteiger partial charge >= 0.3 is 0 Å². The van der Waals surface area contributed by atoms with Gasteiger partial charge in [-0.1, -0.05) is 17.3 Å².